The molecule has 0 radical (unpaired) electrons. The summed E-state index contributed by atoms with van der Waals surface area (Å²) in [7, 11) is 5.33. The van der Waals surface area contributed by atoms with Crippen molar-refractivity contribution in [3.05, 3.63) is 65.7 Å². The first-order valence-corrected chi connectivity index (χ1v) is 9.43. The number of amides is 1. The summed E-state index contributed by atoms with van der Waals surface area (Å²) in [5, 5.41) is 3.17. The molecule has 2 aromatic rings. The molecule has 150 valence electrons. The molecule has 6 heteroatoms. The molecule has 0 saturated heterocycles. The second-order valence-electron chi connectivity index (χ2n) is 6.50. The van der Waals surface area contributed by atoms with E-state index in [4.69, 9.17) is 4.74 Å². The zero-order valence-corrected chi connectivity index (χ0v) is 17.2. The number of nitrogens with one attached hydrogen (secondary N) is 1. The summed E-state index contributed by atoms with van der Waals surface area (Å²) in [4.78, 5) is 20.7. The summed E-state index contributed by atoms with van der Waals surface area (Å²) in [6.45, 7) is 4.15. The van der Waals surface area contributed by atoms with Crippen LogP contribution in [0.1, 0.15) is 18.1 Å². The van der Waals surface area contributed by atoms with Gasteiger partial charge in [0.25, 0.3) is 0 Å². The minimum Gasteiger partial charge on any atom is -0.497 e. The lowest BCUT2D eigenvalue weighted by molar-refractivity contribution is -0.130. The molecule has 0 atom stereocenters. The van der Waals surface area contributed by atoms with Crippen LogP contribution in [0, 0.1) is 0 Å². The summed E-state index contributed by atoms with van der Waals surface area (Å²) >= 11 is 0. The molecular weight excluding hydrogens is 352 g/mol. The maximum atomic E-state index is 12.6. The molecule has 0 heterocycles. The predicted octanol–water partition coefficient (Wildman–Crippen LogP) is 2.75. The van der Waals surface area contributed by atoms with Gasteiger partial charge in [0, 0.05) is 33.7 Å². The van der Waals surface area contributed by atoms with Gasteiger partial charge in [0.05, 0.1) is 13.7 Å². The minimum absolute atomic E-state index is 0.0466. The van der Waals surface area contributed by atoms with Crippen LogP contribution in [0.15, 0.2) is 59.6 Å². The first-order chi connectivity index (χ1) is 13.6. The van der Waals surface area contributed by atoms with Gasteiger partial charge in [-0.05, 0) is 30.2 Å². The van der Waals surface area contributed by atoms with Crippen molar-refractivity contribution in [2.24, 2.45) is 4.99 Å². The molecule has 0 fully saturated rings. The summed E-state index contributed by atoms with van der Waals surface area (Å²) < 4.78 is 5.19. The van der Waals surface area contributed by atoms with E-state index in [1.54, 1.807) is 14.2 Å². The lowest BCUT2D eigenvalue weighted by atomic mass is 10.2. The van der Waals surface area contributed by atoms with E-state index in [0.717, 1.165) is 16.9 Å². The second kappa shape index (κ2) is 11.0. The van der Waals surface area contributed by atoms with Crippen molar-refractivity contribution < 1.29 is 9.53 Å². The van der Waals surface area contributed by atoms with Crippen LogP contribution in [0.2, 0.25) is 0 Å². The Morgan fingerprint density at radius 2 is 1.68 bits per heavy atom. The zero-order chi connectivity index (χ0) is 20.4. The summed E-state index contributed by atoms with van der Waals surface area (Å²) in [6, 6.07) is 17.9. The highest BCUT2D eigenvalue weighted by Gasteiger charge is 2.14. The van der Waals surface area contributed by atoms with Gasteiger partial charge in [0.1, 0.15) is 5.75 Å². The molecule has 2 aromatic carbocycles. The lowest BCUT2D eigenvalue weighted by Crippen LogP contribution is -2.44. The van der Waals surface area contributed by atoms with Gasteiger partial charge >= 0.3 is 0 Å². The average Bonchev–Trinajstić information content (AvgIpc) is 2.73. The number of likely N-dealkylation sites (N-methyl/N-ethyl adjacent to an activating group) is 1. The zero-order valence-electron chi connectivity index (χ0n) is 17.2. The molecule has 0 aliphatic heterocycles. The molecule has 0 unspecified atom stereocenters. The normalized spacial score (nSPS) is 11.1. The highest BCUT2D eigenvalue weighted by atomic mass is 16.5. The highest BCUT2D eigenvalue weighted by Crippen LogP contribution is 2.12. The molecule has 0 spiro atoms. The number of methoxy groups -OCH3 is 1. The van der Waals surface area contributed by atoms with Gasteiger partial charge < -0.3 is 19.9 Å². The first kappa shape index (κ1) is 21.3. The Bertz CT molecular complexity index is 760. The number of guanidine groups is 1. The Balaban J connectivity index is 1.89. The third kappa shape index (κ3) is 6.30. The Kier molecular flexibility index (Phi) is 8.34. The number of ether oxygens (including phenoxy) is 1. The number of rotatable bonds is 8. The fourth-order valence-electron chi connectivity index (χ4n) is 2.91. The highest BCUT2D eigenvalue weighted by molar-refractivity contribution is 5.86. The van der Waals surface area contributed by atoms with E-state index < -0.39 is 0 Å². The van der Waals surface area contributed by atoms with Crippen LogP contribution in [0.3, 0.4) is 0 Å². The number of nitrogens with zero attached hydrogens (tertiary/aromatic N) is 3. The second-order valence-corrected chi connectivity index (χ2v) is 6.50. The molecule has 1 N–H and O–H groups in total. The van der Waals surface area contributed by atoms with E-state index in [1.165, 1.54) is 0 Å². The van der Waals surface area contributed by atoms with Gasteiger partial charge in [-0.3, -0.25) is 9.79 Å². The number of benzene rings is 2. The van der Waals surface area contributed by atoms with Crippen molar-refractivity contribution in [1.82, 2.24) is 15.1 Å². The van der Waals surface area contributed by atoms with Crippen LogP contribution in [-0.4, -0.2) is 56.0 Å². The van der Waals surface area contributed by atoms with Gasteiger partial charge in [-0.1, -0.05) is 42.5 Å². The maximum Gasteiger partial charge on any atom is 0.242 e. The van der Waals surface area contributed by atoms with Crippen molar-refractivity contribution in [3.63, 3.8) is 0 Å². The van der Waals surface area contributed by atoms with Crippen molar-refractivity contribution >= 4 is 11.9 Å². The smallest absolute Gasteiger partial charge is 0.242 e. The molecule has 1 amide bonds. The summed E-state index contributed by atoms with van der Waals surface area (Å²) in [5.41, 5.74) is 2.26. The molecule has 0 saturated carbocycles. The van der Waals surface area contributed by atoms with E-state index in [0.29, 0.717) is 25.6 Å². The maximum absolute atomic E-state index is 12.6. The van der Waals surface area contributed by atoms with Crippen LogP contribution in [0.4, 0.5) is 0 Å². The Hall–Kier alpha value is -3.02. The van der Waals surface area contributed by atoms with E-state index in [1.807, 2.05) is 78.4 Å². The van der Waals surface area contributed by atoms with Gasteiger partial charge in [-0.2, -0.15) is 0 Å². The van der Waals surface area contributed by atoms with Crippen LogP contribution in [0.25, 0.3) is 0 Å². The Labute approximate surface area is 167 Å². The molecule has 6 nitrogen and oxygen atoms in total. The van der Waals surface area contributed by atoms with Crippen LogP contribution in [-0.2, 0) is 17.9 Å². The molecule has 28 heavy (non-hydrogen) atoms. The monoisotopic (exact) mass is 382 g/mol. The largest absolute Gasteiger partial charge is 0.497 e. The number of hydrogen-bond donors (Lipinski definition) is 1. The SMILES string of the molecule is CCN(Cc1ccccc1)C(=O)CNC(=NC)N(C)Cc1ccc(OC)cc1. The van der Waals surface area contributed by atoms with Crippen molar-refractivity contribution in [1.29, 1.82) is 0 Å². The molecule has 2 rings (SSSR count). The van der Waals surface area contributed by atoms with Crippen LogP contribution in [0.5, 0.6) is 5.75 Å². The summed E-state index contributed by atoms with van der Waals surface area (Å²) in [5.74, 6) is 1.56. The molecule has 0 aliphatic rings. The van der Waals surface area contributed by atoms with E-state index >= 15 is 0 Å². The third-order valence-corrected chi connectivity index (χ3v) is 4.50. The minimum atomic E-state index is 0.0466. The van der Waals surface area contributed by atoms with E-state index in [9.17, 15) is 4.79 Å². The quantitative estimate of drug-likeness (QED) is 0.563. The fourth-order valence-corrected chi connectivity index (χ4v) is 2.91. The fraction of sp³-hybridized carbons (Fsp3) is 0.364. The van der Waals surface area contributed by atoms with Crippen molar-refractivity contribution in [3.8, 4) is 5.75 Å². The van der Waals surface area contributed by atoms with Gasteiger partial charge in [0.15, 0.2) is 5.96 Å². The Morgan fingerprint density at radius 1 is 1.04 bits per heavy atom. The molecule has 0 bridgehead atoms. The van der Waals surface area contributed by atoms with Crippen LogP contribution < -0.4 is 10.1 Å². The molecule has 0 aliphatic carbocycles. The van der Waals surface area contributed by atoms with Crippen molar-refractivity contribution in [2.45, 2.75) is 20.0 Å². The van der Waals surface area contributed by atoms with E-state index in [-0.39, 0.29) is 12.5 Å². The standard InChI is InChI=1S/C22H30N4O2/c1-5-26(17-18-9-7-6-8-10-18)21(27)15-24-22(23-2)25(3)16-19-11-13-20(28-4)14-12-19/h6-14H,5,15-17H2,1-4H3,(H,23,24). The Morgan fingerprint density at radius 3 is 2.25 bits per heavy atom. The molecule has 0 aromatic heterocycles. The van der Waals surface area contributed by atoms with Crippen molar-refractivity contribution in [2.75, 3.05) is 34.3 Å². The number of aliphatic imine (C=N–C) groups is 1. The first-order valence-electron chi connectivity index (χ1n) is 9.43. The third-order valence-electron chi connectivity index (χ3n) is 4.50. The van der Waals surface area contributed by atoms with Crippen LogP contribution >= 0.6 is 0 Å². The van der Waals surface area contributed by atoms with Gasteiger partial charge in [0.2, 0.25) is 5.91 Å². The summed E-state index contributed by atoms with van der Waals surface area (Å²) in [6.07, 6.45) is 0. The predicted molar refractivity (Wildman–Crippen MR) is 113 cm³/mol. The van der Waals surface area contributed by atoms with Gasteiger partial charge in [-0.25, -0.2) is 0 Å². The lowest BCUT2D eigenvalue weighted by Gasteiger charge is -2.25. The molecular formula is C22H30N4O2. The number of carbonyl (C=O) groups excluding carboxylic acids is 1. The van der Waals surface area contributed by atoms with Gasteiger partial charge in [-0.15, -0.1) is 0 Å². The average molecular weight is 383 g/mol. The number of hydrogen-bond acceptors (Lipinski definition) is 3. The topological polar surface area (TPSA) is 57.2 Å². The van der Waals surface area contributed by atoms with E-state index in [2.05, 4.69) is 10.3 Å². The number of carbonyl (C=O) groups is 1.